The number of carbonyl (C=O) groups is 1. The number of carbonyl (C=O) groups excluding carboxylic acids is 1. The number of methoxy groups -OCH3 is 1. The SMILES string of the molecule is CCCCCOc1cc(N2CCCN(Cc3cccc4c3ccn4CC3=NCCN3)C2=O)ccc1OC. The first kappa shape index (κ1) is 25.0. The molecule has 2 amide bonds. The standard InChI is InChI=1S/C29H37N5O3/c1-3-4-5-18-37-27-19-23(10-11-26(27)36-2)34-16-7-15-33(29(34)35)20-22-8-6-9-25-24(22)12-17-32(25)21-28-30-13-14-31-28/h6,8-12,17,19H,3-5,7,13-16,18,20-21H2,1-2H3,(H,30,31). The molecule has 0 unspecified atom stereocenters. The molecule has 8 heteroatoms. The zero-order chi connectivity index (χ0) is 25.6. The Morgan fingerprint density at radius 2 is 1.97 bits per heavy atom. The number of ether oxygens (including phenoxy) is 2. The molecule has 37 heavy (non-hydrogen) atoms. The van der Waals surface area contributed by atoms with Crippen LogP contribution >= 0.6 is 0 Å². The maximum absolute atomic E-state index is 13.6. The number of benzene rings is 2. The predicted molar refractivity (Wildman–Crippen MR) is 148 cm³/mol. The lowest BCUT2D eigenvalue weighted by molar-refractivity contribution is 0.192. The molecule has 0 aliphatic carbocycles. The van der Waals surface area contributed by atoms with E-state index in [0.717, 1.165) is 74.5 Å². The van der Waals surface area contributed by atoms with Crippen molar-refractivity contribution in [3.8, 4) is 11.5 Å². The molecule has 2 aliphatic heterocycles. The zero-order valence-corrected chi connectivity index (χ0v) is 21.9. The van der Waals surface area contributed by atoms with Crippen LogP contribution in [0.25, 0.3) is 10.9 Å². The lowest BCUT2D eigenvalue weighted by atomic mass is 10.1. The summed E-state index contributed by atoms with van der Waals surface area (Å²) in [6, 6.07) is 14.3. The van der Waals surface area contributed by atoms with Crippen LogP contribution in [0.15, 0.2) is 53.7 Å². The minimum atomic E-state index is 0.0225. The van der Waals surface area contributed by atoms with Gasteiger partial charge in [0.15, 0.2) is 11.5 Å². The Bertz CT molecular complexity index is 1270. The number of hydrogen-bond donors (Lipinski definition) is 1. The van der Waals surface area contributed by atoms with E-state index >= 15 is 0 Å². The number of nitrogens with one attached hydrogen (secondary N) is 1. The Hall–Kier alpha value is -3.68. The molecule has 2 aromatic carbocycles. The van der Waals surface area contributed by atoms with E-state index in [1.54, 1.807) is 7.11 Å². The van der Waals surface area contributed by atoms with Crippen LogP contribution in [0.4, 0.5) is 10.5 Å². The van der Waals surface area contributed by atoms with Crippen molar-refractivity contribution in [2.75, 3.05) is 44.8 Å². The van der Waals surface area contributed by atoms with E-state index in [9.17, 15) is 4.79 Å². The first-order chi connectivity index (χ1) is 18.2. The third-order valence-electron chi connectivity index (χ3n) is 7.10. The number of rotatable bonds is 11. The lowest BCUT2D eigenvalue weighted by Gasteiger charge is -2.36. The second kappa shape index (κ2) is 11.6. The van der Waals surface area contributed by atoms with Crippen LogP contribution in [0.1, 0.15) is 38.2 Å². The number of urea groups is 1. The van der Waals surface area contributed by atoms with Gasteiger partial charge in [0.25, 0.3) is 0 Å². The fraction of sp³-hybridized carbons (Fsp3) is 0.448. The Balaban J connectivity index is 1.32. The number of hydrogen-bond acceptors (Lipinski definition) is 5. The van der Waals surface area contributed by atoms with Crippen molar-refractivity contribution in [1.82, 2.24) is 14.8 Å². The van der Waals surface area contributed by atoms with Crippen LogP contribution in [0.5, 0.6) is 11.5 Å². The number of nitrogens with zero attached hydrogens (tertiary/aromatic N) is 4. The highest BCUT2D eigenvalue weighted by molar-refractivity contribution is 5.94. The Labute approximate surface area is 218 Å². The molecule has 0 radical (unpaired) electrons. The molecule has 0 atom stereocenters. The van der Waals surface area contributed by atoms with E-state index in [4.69, 9.17) is 9.47 Å². The average molecular weight is 504 g/mol. The Morgan fingerprint density at radius 1 is 1.05 bits per heavy atom. The number of amides is 2. The summed E-state index contributed by atoms with van der Waals surface area (Å²) < 4.78 is 13.8. The summed E-state index contributed by atoms with van der Waals surface area (Å²) in [5.41, 5.74) is 3.16. The van der Waals surface area contributed by atoms with Gasteiger partial charge in [0, 0.05) is 55.0 Å². The van der Waals surface area contributed by atoms with E-state index in [-0.39, 0.29) is 6.03 Å². The van der Waals surface area contributed by atoms with Crippen LogP contribution in [-0.2, 0) is 13.1 Å². The van der Waals surface area contributed by atoms with Gasteiger partial charge in [-0.2, -0.15) is 0 Å². The fourth-order valence-corrected chi connectivity index (χ4v) is 5.13. The molecule has 0 bridgehead atoms. The maximum atomic E-state index is 13.6. The third-order valence-corrected chi connectivity index (χ3v) is 7.10. The van der Waals surface area contributed by atoms with Gasteiger partial charge in [-0.25, -0.2) is 4.79 Å². The summed E-state index contributed by atoms with van der Waals surface area (Å²) in [7, 11) is 1.65. The van der Waals surface area contributed by atoms with Crippen molar-refractivity contribution < 1.29 is 14.3 Å². The average Bonchev–Trinajstić information content (AvgIpc) is 3.59. The van der Waals surface area contributed by atoms with Gasteiger partial charge in [-0.3, -0.25) is 9.89 Å². The third kappa shape index (κ3) is 5.53. The molecule has 3 heterocycles. The van der Waals surface area contributed by atoms with E-state index < -0.39 is 0 Å². The number of anilines is 1. The second-order valence-electron chi connectivity index (χ2n) is 9.65. The van der Waals surface area contributed by atoms with Gasteiger partial charge in [-0.05, 0) is 42.7 Å². The number of unbranched alkanes of at least 4 members (excludes halogenated alkanes) is 2. The molecule has 1 aromatic heterocycles. The maximum Gasteiger partial charge on any atom is 0.324 e. The normalized spacial score (nSPS) is 15.7. The topological polar surface area (TPSA) is 71.3 Å². The lowest BCUT2D eigenvalue weighted by Crippen LogP contribution is -2.49. The molecule has 0 spiro atoms. The minimum absolute atomic E-state index is 0.0225. The molecule has 8 nitrogen and oxygen atoms in total. The molecule has 3 aromatic rings. The molecule has 1 saturated heterocycles. The summed E-state index contributed by atoms with van der Waals surface area (Å²) >= 11 is 0. The summed E-state index contributed by atoms with van der Waals surface area (Å²) in [6.07, 6.45) is 6.29. The van der Waals surface area contributed by atoms with Crippen LogP contribution < -0.4 is 19.7 Å². The smallest absolute Gasteiger partial charge is 0.324 e. The van der Waals surface area contributed by atoms with E-state index in [1.165, 1.54) is 5.39 Å². The second-order valence-corrected chi connectivity index (χ2v) is 9.65. The Kier molecular flexibility index (Phi) is 7.82. The molecule has 1 fully saturated rings. The Morgan fingerprint density at radius 3 is 2.78 bits per heavy atom. The van der Waals surface area contributed by atoms with Crippen molar-refractivity contribution in [3.63, 3.8) is 0 Å². The largest absolute Gasteiger partial charge is 0.493 e. The van der Waals surface area contributed by atoms with Crippen LogP contribution in [0, 0.1) is 0 Å². The van der Waals surface area contributed by atoms with Gasteiger partial charge in [0.2, 0.25) is 0 Å². The van der Waals surface area contributed by atoms with Crippen molar-refractivity contribution in [2.24, 2.45) is 4.99 Å². The van der Waals surface area contributed by atoms with Crippen molar-refractivity contribution in [1.29, 1.82) is 0 Å². The highest BCUT2D eigenvalue weighted by atomic mass is 16.5. The molecule has 1 N–H and O–H groups in total. The van der Waals surface area contributed by atoms with Crippen molar-refractivity contribution in [2.45, 2.75) is 45.7 Å². The van der Waals surface area contributed by atoms with Gasteiger partial charge in [-0.15, -0.1) is 0 Å². The summed E-state index contributed by atoms with van der Waals surface area (Å²) in [6.45, 7) is 7.31. The monoisotopic (exact) mass is 503 g/mol. The molecular formula is C29H37N5O3. The fourth-order valence-electron chi connectivity index (χ4n) is 5.13. The molecule has 5 rings (SSSR count). The minimum Gasteiger partial charge on any atom is -0.493 e. The van der Waals surface area contributed by atoms with Crippen LogP contribution in [0.2, 0.25) is 0 Å². The van der Waals surface area contributed by atoms with Crippen molar-refractivity contribution in [3.05, 3.63) is 54.2 Å². The van der Waals surface area contributed by atoms with Crippen molar-refractivity contribution >= 4 is 28.5 Å². The van der Waals surface area contributed by atoms with Gasteiger partial charge < -0.3 is 24.3 Å². The van der Waals surface area contributed by atoms with Crippen LogP contribution in [-0.4, -0.2) is 61.2 Å². The highest BCUT2D eigenvalue weighted by Crippen LogP contribution is 2.34. The van der Waals surface area contributed by atoms with E-state index in [1.807, 2.05) is 28.0 Å². The summed E-state index contributed by atoms with van der Waals surface area (Å²) in [4.78, 5) is 22.0. The zero-order valence-electron chi connectivity index (χ0n) is 21.9. The van der Waals surface area contributed by atoms with Crippen LogP contribution in [0.3, 0.4) is 0 Å². The first-order valence-corrected chi connectivity index (χ1v) is 13.4. The van der Waals surface area contributed by atoms with Gasteiger partial charge in [0.05, 0.1) is 26.8 Å². The molecule has 196 valence electrons. The van der Waals surface area contributed by atoms with E-state index in [2.05, 4.69) is 52.3 Å². The number of fused-ring (bicyclic) bond motifs is 1. The number of amidine groups is 1. The van der Waals surface area contributed by atoms with Gasteiger partial charge in [-0.1, -0.05) is 31.9 Å². The quantitative estimate of drug-likeness (QED) is 0.372. The predicted octanol–water partition coefficient (Wildman–Crippen LogP) is 5.05. The van der Waals surface area contributed by atoms with E-state index in [0.29, 0.717) is 31.2 Å². The number of aromatic nitrogens is 1. The summed E-state index contributed by atoms with van der Waals surface area (Å²) in [5.74, 6) is 2.41. The molecular weight excluding hydrogens is 466 g/mol. The first-order valence-electron chi connectivity index (χ1n) is 13.4. The number of aliphatic imine (C=N–C) groups is 1. The van der Waals surface area contributed by atoms with Gasteiger partial charge in [0.1, 0.15) is 5.84 Å². The highest BCUT2D eigenvalue weighted by Gasteiger charge is 2.28. The van der Waals surface area contributed by atoms with Gasteiger partial charge >= 0.3 is 6.03 Å². The molecule has 0 saturated carbocycles. The summed E-state index contributed by atoms with van der Waals surface area (Å²) in [5, 5.41) is 4.53. The molecule has 2 aliphatic rings.